The molecule has 4 heteroatoms. The summed E-state index contributed by atoms with van der Waals surface area (Å²) in [6.45, 7) is 3.74. The van der Waals surface area contributed by atoms with Crippen LogP contribution >= 0.6 is 0 Å². The van der Waals surface area contributed by atoms with Gasteiger partial charge in [0.1, 0.15) is 6.54 Å². The van der Waals surface area contributed by atoms with E-state index in [9.17, 15) is 9.59 Å². The summed E-state index contributed by atoms with van der Waals surface area (Å²) in [5, 5.41) is 8.63. The maximum absolute atomic E-state index is 11.8. The third-order valence-electron chi connectivity index (χ3n) is 2.73. The van der Waals surface area contributed by atoms with Crippen LogP contribution in [0.1, 0.15) is 20.3 Å². The van der Waals surface area contributed by atoms with Crippen molar-refractivity contribution < 1.29 is 14.7 Å². The van der Waals surface area contributed by atoms with Gasteiger partial charge in [-0.15, -0.1) is 6.42 Å². The lowest BCUT2D eigenvalue weighted by molar-refractivity contribution is -0.144. The van der Waals surface area contributed by atoms with Crippen molar-refractivity contribution in [2.45, 2.75) is 20.3 Å². The van der Waals surface area contributed by atoms with Crippen LogP contribution in [-0.2, 0) is 9.59 Å². The summed E-state index contributed by atoms with van der Waals surface area (Å²) >= 11 is 0. The van der Waals surface area contributed by atoms with Crippen molar-refractivity contribution in [1.29, 1.82) is 0 Å². The molecule has 0 spiro atoms. The molecule has 1 aliphatic rings. The first-order valence-electron chi connectivity index (χ1n) is 4.82. The van der Waals surface area contributed by atoms with Gasteiger partial charge in [0.15, 0.2) is 0 Å². The predicted molar refractivity (Wildman–Crippen MR) is 54.9 cm³/mol. The van der Waals surface area contributed by atoms with Crippen molar-refractivity contribution in [3.05, 3.63) is 0 Å². The second kappa shape index (κ2) is 3.93. The zero-order valence-electron chi connectivity index (χ0n) is 8.99. The van der Waals surface area contributed by atoms with Gasteiger partial charge in [0.25, 0.3) is 0 Å². The van der Waals surface area contributed by atoms with E-state index >= 15 is 0 Å². The zero-order valence-corrected chi connectivity index (χ0v) is 8.99. The highest BCUT2D eigenvalue weighted by molar-refractivity contribution is 5.86. The second-order valence-electron chi connectivity index (χ2n) is 4.54. The van der Waals surface area contributed by atoms with Crippen LogP contribution in [0.4, 0.5) is 0 Å². The quantitative estimate of drug-likeness (QED) is 0.689. The summed E-state index contributed by atoms with van der Waals surface area (Å²) in [6.07, 6.45) is 5.91. The molecule has 0 aromatic heterocycles. The van der Waals surface area contributed by atoms with Gasteiger partial charge >= 0.3 is 5.97 Å². The smallest absolute Gasteiger partial charge is 0.323 e. The summed E-state index contributed by atoms with van der Waals surface area (Å²) in [7, 11) is 0. The Balaban J connectivity index is 2.61. The number of hydrogen-bond donors (Lipinski definition) is 1. The van der Waals surface area contributed by atoms with Gasteiger partial charge in [-0.2, -0.15) is 0 Å². The molecule has 0 saturated heterocycles. The highest BCUT2D eigenvalue weighted by atomic mass is 16.4. The maximum atomic E-state index is 11.8. The number of nitrogens with zero attached hydrogens (tertiary/aromatic N) is 1. The van der Waals surface area contributed by atoms with Crippen LogP contribution in [-0.4, -0.2) is 35.0 Å². The van der Waals surface area contributed by atoms with E-state index in [1.165, 1.54) is 4.90 Å². The van der Waals surface area contributed by atoms with Crippen LogP contribution in [0.3, 0.4) is 0 Å². The number of amides is 1. The monoisotopic (exact) mass is 209 g/mol. The Kier molecular flexibility index (Phi) is 3.04. The largest absolute Gasteiger partial charge is 0.480 e. The first-order valence-corrected chi connectivity index (χ1v) is 4.82. The number of carbonyl (C=O) groups excluding carboxylic acids is 1. The molecule has 82 valence electrons. The Morgan fingerprint density at radius 2 is 2.13 bits per heavy atom. The van der Waals surface area contributed by atoms with Crippen LogP contribution in [0, 0.1) is 23.7 Å². The third kappa shape index (κ3) is 2.72. The number of carboxylic acids is 1. The molecule has 0 aromatic rings. The first kappa shape index (κ1) is 11.6. The minimum Gasteiger partial charge on any atom is -0.480 e. The molecule has 1 amide bonds. The van der Waals surface area contributed by atoms with E-state index in [4.69, 9.17) is 11.5 Å². The highest BCUT2D eigenvalue weighted by Crippen LogP contribution is 2.52. The fraction of sp³-hybridized carbons (Fsp3) is 0.636. The molecule has 0 aliphatic heterocycles. The van der Waals surface area contributed by atoms with E-state index in [1.807, 2.05) is 13.8 Å². The molecule has 1 atom stereocenters. The molecule has 1 aliphatic carbocycles. The van der Waals surface area contributed by atoms with E-state index in [0.717, 1.165) is 6.42 Å². The lowest BCUT2D eigenvalue weighted by Gasteiger charge is -2.18. The average molecular weight is 209 g/mol. The summed E-state index contributed by atoms with van der Waals surface area (Å²) in [5.41, 5.74) is 0.00242. The van der Waals surface area contributed by atoms with Gasteiger partial charge in [0.05, 0.1) is 6.54 Å². The van der Waals surface area contributed by atoms with Crippen LogP contribution in [0.25, 0.3) is 0 Å². The third-order valence-corrected chi connectivity index (χ3v) is 2.73. The van der Waals surface area contributed by atoms with Crippen LogP contribution < -0.4 is 0 Å². The summed E-state index contributed by atoms with van der Waals surface area (Å²) in [4.78, 5) is 23.6. The molecule has 1 N–H and O–H groups in total. The summed E-state index contributed by atoms with van der Waals surface area (Å²) in [5.74, 6) is 1.07. The van der Waals surface area contributed by atoms with E-state index in [1.54, 1.807) is 0 Å². The predicted octanol–water partition coefficient (Wildman–Crippen LogP) is 0.579. The topological polar surface area (TPSA) is 57.6 Å². The molecular weight excluding hydrogens is 194 g/mol. The molecule has 0 aromatic carbocycles. The molecule has 0 heterocycles. The first-order chi connectivity index (χ1) is 6.88. The van der Waals surface area contributed by atoms with Crippen molar-refractivity contribution in [2.75, 3.05) is 13.1 Å². The fourth-order valence-electron chi connectivity index (χ4n) is 1.59. The van der Waals surface area contributed by atoms with Crippen LogP contribution in [0.2, 0.25) is 0 Å². The van der Waals surface area contributed by atoms with Gasteiger partial charge in [-0.05, 0) is 11.8 Å². The molecule has 0 radical (unpaired) electrons. The van der Waals surface area contributed by atoms with Gasteiger partial charge in [0.2, 0.25) is 5.91 Å². The van der Waals surface area contributed by atoms with Crippen molar-refractivity contribution in [2.24, 2.45) is 11.3 Å². The van der Waals surface area contributed by atoms with E-state index in [-0.39, 0.29) is 30.3 Å². The van der Waals surface area contributed by atoms with Crippen LogP contribution in [0.15, 0.2) is 0 Å². The number of carbonyl (C=O) groups is 2. The molecule has 1 rings (SSSR count). The molecule has 1 saturated carbocycles. The standard InChI is InChI=1S/C11H15NO3/c1-4-5-12(7-9(13)14)10(15)8-6-11(8,2)3/h1,8H,5-7H2,2-3H3,(H,13,14). The van der Waals surface area contributed by atoms with E-state index < -0.39 is 5.97 Å². The maximum Gasteiger partial charge on any atom is 0.323 e. The normalized spacial score (nSPS) is 21.5. The van der Waals surface area contributed by atoms with Gasteiger partial charge in [-0.3, -0.25) is 9.59 Å². The summed E-state index contributed by atoms with van der Waals surface area (Å²) in [6, 6.07) is 0. The molecule has 1 unspecified atom stereocenters. The number of rotatable bonds is 4. The van der Waals surface area contributed by atoms with Crippen molar-refractivity contribution in [3.63, 3.8) is 0 Å². The van der Waals surface area contributed by atoms with Gasteiger partial charge in [0, 0.05) is 5.92 Å². The second-order valence-corrected chi connectivity index (χ2v) is 4.54. The van der Waals surface area contributed by atoms with E-state index in [0.29, 0.717) is 0 Å². The number of terminal acetylenes is 1. The van der Waals surface area contributed by atoms with Crippen molar-refractivity contribution in [3.8, 4) is 12.3 Å². The molecule has 4 nitrogen and oxygen atoms in total. The highest BCUT2D eigenvalue weighted by Gasteiger charge is 2.51. The van der Waals surface area contributed by atoms with Crippen molar-refractivity contribution >= 4 is 11.9 Å². The van der Waals surface area contributed by atoms with Crippen molar-refractivity contribution in [1.82, 2.24) is 4.90 Å². The minimum atomic E-state index is -1.03. The minimum absolute atomic E-state index is 0.00242. The van der Waals surface area contributed by atoms with Crippen LogP contribution in [0.5, 0.6) is 0 Å². The molecule has 15 heavy (non-hydrogen) atoms. The number of hydrogen-bond acceptors (Lipinski definition) is 2. The van der Waals surface area contributed by atoms with E-state index in [2.05, 4.69) is 5.92 Å². The zero-order chi connectivity index (χ0) is 11.6. The lowest BCUT2D eigenvalue weighted by Crippen LogP contribution is -2.37. The van der Waals surface area contributed by atoms with Gasteiger partial charge in [-0.25, -0.2) is 0 Å². The Labute approximate surface area is 89.3 Å². The van der Waals surface area contributed by atoms with Gasteiger partial charge in [-0.1, -0.05) is 19.8 Å². The Morgan fingerprint density at radius 3 is 2.47 bits per heavy atom. The molecule has 1 fully saturated rings. The fourth-order valence-corrected chi connectivity index (χ4v) is 1.59. The Morgan fingerprint density at radius 1 is 1.60 bits per heavy atom. The average Bonchev–Trinajstić information content (AvgIpc) is 2.72. The summed E-state index contributed by atoms with van der Waals surface area (Å²) < 4.78 is 0. The SMILES string of the molecule is C#CCN(CC(=O)O)C(=O)C1CC1(C)C. The molecule has 0 bridgehead atoms. The lowest BCUT2D eigenvalue weighted by atomic mass is 10.1. The Hall–Kier alpha value is -1.50. The number of carboxylic acid groups (broad SMARTS) is 1. The van der Waals surface area contributed by atoms with Gasteiger partial charge < -0.3 is 10.0 Å². The number of aliphatic carboxylic acids is 1. The molecular formula is C11H15NO3. The Bertz CT molecular complexity index is 327.